The number of rotatable bonds is 4. The summed E-state index contributed by atoms with van der Waals surface area (Å²) in [7, 11) is 0. The van der Waals surface area contributed by atoms with Crippen molar-refractivity contribution in [1.82, 2.24) is 4.98 Å². The molecule has 3 nitrogen and oxygen atoms in total. The Kier molecular flexibility index (Phi) is 3.90. The molecule has 0 spiro atoms. The molecule has 0 aliphatic heterocycles. The smallest absolute Gasteiger partial charge is 0.146 e. The molecule has 0 fully saturated rings. The Labute approximate surface area is 127 Å². The van der Waals surface area contributed by atoms with E-state index in [0.717, 1.165) is 26.5 Å². The van der Waals surface area contributed by atoms with Gasteiger partial charge >= 0.3 is 0 Å². The van der Waals surface area contributed by atoms with E-state index in [1.807, 2.05) is 30.3 Å². The minimum Gasteiger partial charge on any atom is -0.489 e. The molecular formula is C17H17NO2S. The predicted octanol–water partition coefficient (Wildman–Crippen LogP) is 4.03. The third-order valence-electron chi connectivity index (χ3n) is 3.24. The summed E-state index contributed by atoms with van der Waals surface area (Å²) in [6.45, 7) is 4.07. The summed E-state index contributed by atoms with van der Waals surface area (Å²) in [6.07, 6.45) is -0.491. The largest absolute Gasteiger partial charge is 0.489 e. The van der Waals surface area contributed by atoms with Crippen LogP contribution in [-0.4, -0.2) is 22.8 Å². The molecular weight excluding hydrogens is 282 g/mol. The minimum absolute atomic E-state index is 0.274. The molecule has 1 N–H and O–H groups in total. The molecule has 2 aromatic carbocycles. The molecule has 0 aliphatic carbocycles. The van der Waals surface area contributed by atoms with E-state index >= 15 is 0 Å². The topological polar surface area (TPSA) is 42.4 Å². The van der Waals surface area contributed by atoms with Crippen molar-refractivity contribution < 1.29 is 9.84 Å². The summed E-state index contributed by atoms with van der Waals surface area (Å²) in [4.78, 5) is 4.73. The number of ether oxygens (including phenoxy) is 1. The maximum Gasteiger partial charge on any atom is 0.146 e. The molecule has 0 amide bonds. The summed E-state index contributed by atoms with van der Waals surface area (Å²) in [5.74, 6) is 0.726. The summed E-state index contributed by atoms with van der Waals surface area (Å²) < 4.78 is 6.75. The van der Waals surface area contributed by atoms with Gasteiger partial charge in [-0.25, -0.2) is 4.98 Å². The van der Waals surface area contributed by atoms with Gasteiger partial charge < -0.3 is 9.84 Å². The second-order valence-electron chi connectivity index (χ2n) is 5.10. The van der Waals surface area contributed by atoms with E-state index in [0.29, 0.717) is 0 Å². The first-order valence-electron chi connectivity index (χ1n) is 6.91. The molecule has 1 aromatic heterocycles. The Morgan fingerprint density at radius 1 is 1.19 bits per heavy atom. The van der Waals surface area contributed by atoms with Crippen LogP contribution in [0.25, 0.3) is 20.8 Å². The summed E-state index contributed by atoms with van der Waals surface area (Å²) in [6, 6.07) is 14.1. The first-order chi connectivity index (χ1) is 10.1. The number of fused-ring (bicyclic) bond motifs is 1. The number of aliphatic hydroxyl groups is 1. The van der Waals surface area contributed by atoms with Crippen molar-refractivity contribution in [3.8, 4) is 16.3 Å². The quantitative estimate of drug-likeness (QED) is 0.791. The normalized spacial score (nSPS) is 12.5. The summed E-state index contributed by atoms with van der Waals surface area (Å²) in [5, 5.41) is 10.4. The van der Waals surface area contributed by atoms with Crippen molar-refractivity contribution in [2.24, 2.45) is 0 Å². The highest BCUT2D eigenvalue weighted by molar-refractivity contribution is 7.21. The molecule has 3 rings (SSSR count). The maximum absolute atomic E-state index is 9.36. The fourth-order valence-corrected chi connectivity index (χ4v) is 3.25. The van der Waals surface area contributed by atoms with E-state index in [4.69, 9.17) is 9.72 Å². The number of hydrogen-bond donors (Lipinski definition) is 1. The average Bonchev–Trinajstić information content (AvgIpc) is 2.89. The molecule has 1 unspecified atom stereocenters. The second kappa shape index (κ2) is 5.84. The zero-order valence-electron chi connectivity index (χ0n) is 12.0. The number of aliphatic hydroxyl groups excluding tert-OH is 1. The minimum atomic E-state index is -0.491. The van der Waals surface area contributed by atoms with E-state index in [9.17, 15) is 5.11 Å². The second-order valence-corrected chi connectivity index (χ2v) is 6.13. The molecule has 0 bridgehead atoms. The fourth-order valence-electron chi connectivity index (χ4n) is 2.18. The van der Waals surface area contributed by atoms with Gasteiger partial charge in [-0.05, 0) is 31.5 Å². The summed E-state index contributed by atoms with van der Waals surface area (Å²) >= 11 is 1.66. The third kappa shape index (κ3) is 2.91. The standard InChI is InChI=1S/C17H17NO2S/c1-11-6-3-4-7-13(11)17-18-16-14(20-10-12(2)19)8-5-9-15(16)21-17/h3-9,12,19H,10H2,1-2H3. The van der Waals surface area contributed by atoms with Gasteiger partial charge in [0.1, 0.15) is 22.9 Å². The van der Waals surface area contributed by atoms with E-state index in [2.05, 4.69) is 19.1 Å². The number of hydrogen-bond acceptors (Lipinski definition) is 4. The van der Waals surface area contributed by atoms with Gasteiger partial charge in [-0.2, -0.15) is 0 Å². The number of aryl methyl sites for hydroxylation is 1. The van der Waals surface area contributed by atoms with Crippen LogP contribution in [0.1, 0.15) is 12.5 Å². The number of aromatic nitrogens is 1. The highest BCUT2D eigenvalue weighted by Crippen LogP contribution is 2.35. The summed E-state index contributed by atoms with van der Waals surface area (Å²) in [5.41, 5.74) is 3.23. The zero-order valence-corrected chi connectivity index (χ0v) is 12.9. The lowest BCUT2D eigenvalue weighted by Gasteiger charge is -2.08. The maximum atomic E-state index is 9.36. The SMILES string of the molecule is Cc1ccccc1-c1nc2c(OCC(C)O)cccc2s1. The number of thiazole rings is 1. The molecule has 1 atom stereocenters. The number of benzene rings is 2. The van der Waals surface area contributed by atoms with Gasteiger partial charge in [-0.15, -0.1) is 11.3 Å². The van der Waals surface area contributed by atoms with Crippen LogP contribution in [0.4, 0.5) is 0 Å². The lowest BCUT2D eigenvalue weighted by molar-refractivity contribution is 0.123. The van der Waals surface area contributed by atoms with Crippen LogP contribution < -0.4 is 4.74 Å². The van der Waals surface area contributed by atoms with Crippen molar-refractivity contribution in [2.45, 2.75) is 20.0 Å². The van der Waals surface area contributed by atoms with Crippen molar-refractivity contribution in [3.05, 3.63) is 48.0 Å². The molecule has 0 saturated carbocycles. The molecule has 1 heterocycles. The van der Waals surface area contributed by atoms with Crippen LogP contribution in [0.5, 0.6) is 5.75 Å². The Morgan fingerprint density at radius 3 is 2.76 bits per heavy atom. The van der Waals surface area contributed by atoms with Crippen LogP contribution in [0.2, 0.25) is 0 Å². The van der Waals surface area contributed by atoms with Crippen molar-refractivity contribution >= 4 is 21.6 Å². The first-order valence-corrected chi connectivity index (χ1v) is 7.73. The zero-order chi connectivity index (χ0) is 14.8. The van der Waals surface area contributed by atoms with Crippen molar-refractivity contribution in [1.29, 1.82) is 0 Å². The van der Waals surface area contributed by atoms with Crippen molar-refractivity contribution in [3.63, 3.8) is 0 Å². The van der Waals surface area contributed by atoms with Crippen LogP contribution in [0.3, 0.4) is 0 Å². The molecule has 4 heteroatoms. The van der Waals surface area contributed by atoms with Crippen LogP contribution in [-0.2, 0) is 0 Å². The Balaban J connectivity index is 2.04. The van der Waals surface area contributed by atoms with Crippen LogP contribution >= 0.6 is 11.3 Å². The van der Waals surface area contributed by atoms with Gasteiger partial charge in [0.05, 0.1) is 10.8 Å². The van der Waals surface area contributed by atoms with Gasteiger partial charge in [-0.1, -0.05) is 30.3 Å². The molecule has 0 saturated heterocycles. The van der Waals surface area contributed by atoms with E-state index in [1.165, 1.54) is 5.56 Å². The molecule has 0 radical (unpaired) electrons. The molecule has 21 heavy (non-hydrogen) atoms. The van der Waals surface area contributed by atoms with Crippen molar-refractivity contribution in [2.75, 3.05) is 6.61 Å². The van der Waals surface area contributed by atoms with Gasteiger partial charge in [-0.3, -0.25) is 0 Å². The molecule has 3 aromatic rings. The Bertz CT molecular complexity index is 764. The lowest BCUT2D eigenvalue weighted by atomic mass is 10.1. The first kappa shape index (κ1) is 14.0. The fraction of sp³-hybridized carbons (Fsp3) is 0.235. The van der Waals surface area contributed by atoms with Gasteiger partial charge in [0.25, 0.3) is 0 Å². The number of para-hydroxylation sites is 1. The highest BCUT2D eigenvalue weighted by Gasteiger charge is 2.12. The Morgan fingerprint density at radius 2 is 2.00 bits per heavy atom. The molecule has 108 valence electrons. The monoisotopic (exact) mass is 299 g/mol. The number of nitrogens with zero attached hydrogens (tertiary/aromatic N) is 1. The Hall–Kier alpha value is -1.91. The van der Waals surface area contributed by atoms with E-state index in [1.54, 1.807) is 18.3 Å². The average molecular weight is 299 g/mol. The van der Waals surface area contributed by atoms with Gasteiger partial charge in [0.2, 0.25) is 0 Å². The predicted molar refractivity (Wildman–Crippen MR) is 87.0 cm³/mol. The van der Waals surface area contributed by atoms with E-state index in [-0.39, 0.29) is 6.61 Å². The van der Waals surface area contributed by atoms with Crippen LogP contribution in [0, 0.1) is 6.92 Å². The van der Waals surface area contributed by atoms with Gasteiger partial charge in [0, 0.05) is 5.56 Å². The lowest BCUT2D eigenvalue weighted by Crippen LogP contribution is -2.12. The van der Waals surface area contributed by atoms with Gasteiger partial charge in [0.15, 0.2) is 0 Å². The third-order valence-corrected chi connectivity index (χ3v) is 4.29. The highest BCUT2D eigenvalue weighted by atomic mass is 32.1. The van der Waals surface area contributed by atoms with E-state index < -0.39 is 6.10 Å². The molecule has 0 aliphatic rings. The van der Waals surface area contributed by atoms with Crippen LogP contribution in [0.15, 0.2) is 42.5 Å².